The summed E-state index contributed by atoms with van der Waals surface area (Å²) in [5, 5.41) is 0. The molecule has 0 bridgehead atoms. The van der Waals surface area contributed by atoms with Crippen molar-refractivity contribution in [2.75, 3.05) is 0 Å². The molecule has 0 aromatic heterocycles. The highest BCUT2D eigenvalue weighted by molar-refractivity contribution is 4.90. The second-order valence-electron chi connectivity index (χ2n) is 5.24. The van der Waals surface area contributed by atoms with Crippen molar-refractivity contribution < 1.29 is 0 Å². The first-order chi connectivity index (χ1) is 6.11. The van der Waals surface area contributed by atoms with E-state index in [1.165, 1.54) is 19.3 Å². The topological polar surface area (TPSA) is 0 Å². The molecule has 0 heteroatoms. The van der Waals surface area contributed by atoms with Gasteiger partial charge < -0.3 is 0 Å². The normalized spacial score (nSPS) is 36.0. The van der Waals surface area contributed by atoms with E-state index in [0.717, 1.165) is 29.6 Å². The molecule has 0 amide bonds. The summed E-state index contributed by atoms with van der Waals surface area (Å²) in [5.74, 6) is 4.94. The summed E-state index contributed by atoms with van der Waals surface area (Å²) in [6.45, 7) is 11.9. The van der Waals surface area contributed by atoms with Crippen LogP contribution in [0.2, 0.25) is 0 Å². The first kappa shape index (κ1) is 11.1. The van der Waals surface area contributed by atoms with E-state index < -0.39 is 0 Å². The van der Waals surface area contributed by atoms with E-state index in [1.54, 1.807) is 0 Å². The average molecular weight is 182 g/mol. The minimum atomic E-state index is 0.872. The SMILES string of the molecule is CCC1CC(C(C)C(C)C)C1CC. The lowest BCUT2D eigenvalue weighted by Crippen LogP contribution is -2.41. The molecule has 0 aliphatic heterocycles. The van der Waals surface area contributed by atoms with E-state index in [-0.39, 0.29) is 0 Å². The van der Waals surface area contributed by atoms with Crippen LogP contribution >= 0.6 is 0 Å². The van der Waals surface area contributed by atoms with Crippen molar-refractivity contribution in [1.82, 2.24) is 0 Å². The van der Waals surface area contributed by atoms with Crippen LogP contribution in [0.15, 0.2) is 0 Å². The summed E-state index contributed by atoms with van der Waals surface area (Å²) in [6.07, 6.45) is 4.31. The largest absolute Gasteiger partial charge is 0.0651 e. The molecule has 1 aliphatic rings. The third-order valence-electron chi connectivity index (χ3n) is 4.45. The van der Waals surface area contributed by atoms with E-state index in [1.807, 2.05) is 0 Å². The second kappa shape index (κ2) is 4.48. The maximum atomic E-state index is 2.45. The van der Waals surface area contributed by atoms with Gasteiger partial charge in [0.15, 0.2) is 0 Å². The third-order valence-corrected chi connectivity index (χ3v) is 4.45. The van der Waals surface area contributed by atoms with Crippen molar-refractivity contribution in [3.63, 3.8) is 0 Å². The monoisotopic (exact) mass is 182 g/mol. The van der Waals surface area contributed by atoms with Crippen molar-refractivity contribution in [3.8, 4) is 0 Å². The Labute approximate surface area is 84.1 Å². The standard InChI is InChI=1S/C13H26/c1-6-11-8-13(12(11)7-2)10(5)9(3)4/h9-13H,6-8H2,1-5H3. The van der Waals surface area contributed by atoms with E-state index in [2.05, 4.69) is 34.6 Å². The van der Waals surface area contributed by atoms with Gasteiger partial charge in [-0.15, -0.1) is 0 Å². The van der Waals surface area contributed by atoms with Crippen molar-refractivity contribution in [1.29, 1.82) is 0 Å². The minimum absolute atomic E-state index is 0.872. The van der Waals surface area contributed by atoms with Gasteiger partial charge in [0, 0.05) is 0 Å². The van der Waals surface area contributed by atoms with Crippen molar-refractivity contribution in [2.45, 2.75) is 53.9 Å². The van der Waals surface area contributed by atoms with Crippen LogP contribution < -0.4 is 0 Å². The quantitative estimate of drug-likeness (QED) is 0.606. The summed E-state index contributed by atoms with van der Waals surface area (Å²) in [5.41, 5.74) is 0. The lowest BCUT2D eigenvalue weighted by atomic mass is 9.57. The van der Waals surface area contributed by atoms with Crippen LogP contribution in [0, 0.1) is 29.6 Å². The molecular weight excluding hydrogens is 156 g/mol. The van der Waals surface area contributed by atoms with Gasteiger partial charge in [-0.25, -0.2) is 0 Å². The molecule has 0 saturated heterocycles. The summed E-state index contributed by atoms with van der Waals surface area (Å²) in [4.78, 5) is 0. The number of hydrogen-bond donors (Lipinski definition) is 0. The minimum Gasteiger partial charge on any atom is -0.0651 e. The molecule has 4 atom stereocenters. The predicted octanol–water partition coefficient (Wildman–Crippen LogP) is 4.35. The first-order valence-electron chi connectivity index (χ1n) is 6.11. The molecule has 0 N–H and O–H groups in total. The Bertz CT molecular complexity index is 148. The molecule has 0 spiro atoms. The zero-order chi connectivity index (χ0) is 10.0. The fraction of sp³-hybridized carbons (Fsp3) is 1.00. The van der Waals surface area contributed by atoms with Crippen LogP contribution in [0.25, 0.3) is 0 Å². The second-order valence-corrected chi connectivity index (χ2v) is 5.24. The number of rotatable bonds is 4. The molecule has 0 radical (unpaired) electrons. The maximum Gasteiger partial charge on any atom is -0.0352 e. The first-order valence-corrected chi connectivity index (χ1v) is 6.11. The summed E-state index contributed by atoms with van der Waals surface area (Å²) in [7, 11) is 0. The molecule has 0 nitrogen and oxygen atoms in total. The Balaban J connectivity index is 2.46. The molecule has 4 unspecified atom stereocenters. The van der Waals surface area contributed by atoms with Gasteiger partial charge in [-0.05, 0) is 36.0 Å². The lowest BCUT2D eigenvalue weighted by Gasteiger charge is -2.48. The highest BCUT2D eigenvalue weighted by Crippen LogP contribution is 2.49. The highest BCUT2D eigenvalue weighted by Gasteiger charge is 2.41. The molecule has 0 heterocycles. The van der Waals surface area contributed by atoms with Gasteiger partial charge in [-0.3, -0.25) is 0 Å². The van der Waals surface area contributed by atoms with E-state index in [4.69, 9.17) is 0 Å². The number of hydrogen-bond acceptors (Lipinski definition) is 0. The van der Waals surface area contributed by atoms with Gasteiger partial charge in [0.25, 0.3) is 0 Å². The van der Waals surface area contributed by atoms with Crippen LogP contribution in [-0.4, -0.2) is 0 Å². The van der Waals surface area contributed by atoms with Crippen LogP contribution in [0.4, 0.5) is 0 Å². The molecule has 0 aromatic carbocycles. The summed E-state index contributed by atoms with van der Waals surface area (Å²) in [6, 6.07) is 0. The van der Waals surface area contributed by atoms with Crippen LogP contribution in [0.3, 0.4) is 0 Å². The highest BCUT2D eigenvalue weighted by atomic mass is 14.5. The smallest absolute Gasteiger partial charge is 0.0352 e. The van der Waals surface area contributed by atoms with Crippen molar-refractivity contribution in [2.24, 2.45) is 29.6 Å². The van der Waals surface area contributed by atoms with Gasteiger partial charge in [0.05, 0.1) is 0 Å². The Hall–Kier alpha value is 0. The Morgan fingerprint density at radius 2 is 1.69 bits per heavy atom. The molecule has 1 saturated carbocycles. The van der Waals surface area contributed by atoms with Gasteiger partial charge in [0.2, 0.25) is 0 Å². The average Bonchev–Trinajstić information content (AvgIpc) is 2.03. The van der Waals surface area contributed by atoms with Gasteiger partial charge in [-0.1, -0.05) is 47.5 Å². The zero-order valence-electron chi connectivity index (χ0n) is 10.0. The molecular formula is C13H26. The molecule has 78 valence electrons. The molecule has 1 fully saturated rings. The fourth-order valence-corrected chi connectivity index (χ4v) is 3.06. The van der Waals surface area contributed by atoms with Crippen molar-refractivity contribution in [3.05, 3.63) is 0 Å². The van der Waals surface area contributed by atoms with E-state index >= 15 is 0 Å². The Morgan fingerprint density at radius 3 is 2.08 bits per heavy atom. The molecule has 1 rings (SSSR count). The molecule has 0 aromatic rings. The lowest BCUT2D eigenvalue weighted by molar-refractivity contribution is 0.00760. The third kappa shape index (κ3) is 2.08. The van der Waals surface area contributed by atoms with Gasteiger partial charge in [0.1, 0.15) is 0 Å². The van der Waals surface area contributed by atoms with Crippen LogP contribution in [-0.2, 0) is 0 Å². The van der Waals surface area contributed by atoms with E-state index in [0.29, 0.717) is 0 Å². The van der Waals surface area contributed by atoms with Crippen molar-refractivity contribution >= 4 is 0 Å². The van der Waals surface area contributed by atoms with Crippen LogP contribution in [0.1, 0.15) is 53.9 Å². The molecule has 1 aliphatic carbocycles. The van der Waals surface area contributed by atoms with Gasteiger partial charge >= 0.3 is 0 Å². The zero-order valence-corrected chi connectivity index (χ0v) is 10.0. The predicted molar refractivity (Wildman–Crippen MR) is 59.7 cm³/mol. The Morgan fingerprint density at radius 1 is 1.08 bits per heavy atom. The summed E-state index contributed by atoms with van der Waals surface area (Å²) >= 11 is 0. The maximum absolute atomic E-state index is 2.45. The van der Waals surface area contributed by atoms with E-state index in [9.17, 15) is 0 Å². The summed E-state index contributed by atoms with van der Waals surface area (Å²) < 4.78 is 0. The van der Waals surface area contributed by atoms with Crippen LogP contribution in [0.5, 0.6) is 0 Å². The Kier molecular flexibility index (Phi) is 3.82. The van der Waals surface area contributed by atoms with Gasteiger partial charge in [-0.2, -0.15) is 0 Å². The molecule has 13 heavy (non-hydrogen) atoms. The fourth-order valence-electron chi connectivity index (χ4n) is 3.06.